The SMILES string of the molecule is N#CCNCNCC#N. The Labute approximate surface area is 54.1 Å². The van der Waals surface area contributed by atoms with Gasteiger partial charge in [-0.05, 0) is 0 Å². The van der Waals surface area contributed by atoms with Gasteiger partial charge in [0.1, 0.15) is 0 Å². The van der Waals surface area contributed by atoms with E-state index in [-0.39, 0.29) is 0 Å². The van der Waals surface area contributed by atoms with Gasteiger partial charge in [0.25, 0.3) is 0 Å². The highest BCUT2D eigenvalue weighted by Crippen LogP contribution is 1.52. The predicted molar refractivity (Wildman–Crippen MR) is 32.1 cm³/mol. The van der Waals surface area contributed by atoms with E-state index in [0.29, 0.717) is 19.8 Å². The summed E-state index contributed by atoms with van der Waals surface area (Å²) in [5, 5.41) is 21.5. The highest BCUT2D eigenvalue weighted by molar-refractivity contribution is 4.75. The molecule has 0 saturated carbocycles. The summed E-state index contributed by atoms with van der Waals surface area (Å²) >= 11 is 0. The summed E-state index contributed by atoms with van der Waals surface area (Å²) in [7, 11) is 0. The topological polar surface area (TPSA) is 71.6 Å². The van der Waals surface area contributed by atoms with Gasteiger partial charge in [0.05, 0.1) is 25.2 Å². The summed E-state index contributed by atoms with van der Waals surface area (Å²) in [5.41, 5.74) is 0. The van der Waals surface area contributed by atoms with Crippen molar-refractivity contribution in [2.45, 2.75) is 0 Å². The van der Waals surface area contributed by atoms with Crippen LogP contribution in [0, 0.1) is 22.7 Å². The van der Waals surface area contributed by atoms with Gasteiger partial charge in [-0.15, -0.1) is 0 Å². The maximum absolute atomic E-state index is 8.02. The van der Waals surface area contributed by atoms with Crippen LogP contribution in [0.1, 0.15) is 0 Å². The Hall–Kier alpha value is -1.10. The van der Waals surface area contributed by atoms with Crippen molar-refractivity contribution in [1.82, 2.24) is 10.6 Å². The van der Waals surface area contributed by atoms with Gasteiger partial charge in [0, 0.05) is 6.67 Å². The van der Waals surface area contributed by atoms with Gasteiger partial charge in [0.2, 0.25) is 0 Å². The van der Waals surface area contributed by atoms with E-state index in [1.54, 1.807) is 0 Å². The Kier molecular flexibility index (Phi) is 6.06. The van der Waals surface area contributed by atoms with Crippen molar-refractivity contribution in [1.29, 1.82) is 10.5 Å². The second-order valence-corrected chi connectivity index (χ2v) is 1.35. The first-order valence-electron chi connectivity index (χ1n) is 2.57. The van der Waals surface area contributed by atoms with Gasteiger partial charge < -0.3 is 0 Å². The molecular formula is C5H8N4. The Morgan fingerprint density at radius 3 is 1.78 bits per heavy atom. The van der Waals surface area contributed by atoms with Gasteiger partial charge in [-0.1, -0.05) is 0 Å². The van der Waals surface area contributed by atoms with Crippen molar-refractivity contribution in [3.8, 4) is 12.1 Å². The first kappa shape index (κ1) is 7.90. The largest absolute Gasteiger partial charge is 0.292 e. The zero-order chi connectivity index (χ0) is 6.95. The number of nitrogens with zero attached hydrogens (tertiary/aromatic N) is 2. The van der Waals surface area contributed by atoms with Crippen molar-refractivity contribution >= 4 is 0 Å². The standard InChI is InChI=1S/C5H8N4/c6-1-3-8-5-9-4-2-7/h8-9H,3-5H2. The van der Waals surface area contributed by atoms with Crippen LogP contribution in [0.5, 0.6) is 0 Å². The van der Waals surface area contributed by atoms with Crippen molar-refractivity contribution < 1.29 is 0 Å². The molecule has 0 spiro atoms. The van der Waals surface area contributed by atoms with Gasteiger partial charge in [-0.25, -0.2) is 0 Å². The number of nitrogens with one attached hydrogen (secondary N) is 2. The number of hydrogen-bond acceptors (Lipinski definition) is 4. The third-order valence-electron chi connectivity index (χ3n) is 0.658. The van der Waals surface area contributed by atoms with Gasteiger partial charge in [-0.3, -0.25) is 10.6 Å². The summed E-state index contributed by atoms with van der Waals surface area (Å²) < 4.78 is 0. The van der Waals surface area contributed by atoms with E-state index in [9.17, 15) is 0 Å². The van der Waals surface area contributed by atoms with Crippen LogP contribution < -0.4 is 10.6 Å². The molecule has 0 amide bonds. The average Bonchev–Trinajstić information content (AvgIpc) is 1.89. The fourth-order valence-corrected chi connectivity index (χ4v) is 0.325. The average molecular weight is 124 g/mol. The van der Waals surface area contributed by atoms with Crippen LogP contribution in [0.4, 0.5) is 0 Å². The summed E-state index contributed by atoms with van der Waals surface area (Å²) in [6.07, 6.45) is 0. The summed E-state index contributed by atoms with van der Waals surface area (Å²) in [6.45, 7) is 1.15. The third-order valence-corrected chi connectivity index (χ3v) is 0.658. The molecule has 0 fully saturated rings. The quantitative estimate of drug-likeness (QED) is 0.291. The Balaban J connectivity index is 2.79. The lowest BCUT2D eigenvalue weighted by atomic mass is 10.7. The molecule has 0 saturated heterocycles. The molecule has 0 aromatic heterocycles. The van der Waals surface area contributed by atoms with Crippen molar-refractivity contribution in [2.75, 3.05) is 19.8 Å². The summed E-state index contributed by atoms with van der Waals surface area (Å²) in [6, 6.07) is 3.82. The van der Waals surface area contributed by atoms with Crippen molar-refractivity contribution in [2.24, 2.45) is 0 Å². The van der Waals surface area contributed by atoms with Gasteiger partial charge in [-0.2, -0.15) is 10.5 Å². The molecule has 0 aromatic rings. The summed E-state index contributed by atoms with van der Waals surface area (Å²) in [4.78, 5) is 0. The fourth-order valence-electron chi connectivity index (χ4n) is 0.325. The zero-order valence-corrected chi connectivity index (χ0v) is 5.02. The lowest BCUT2D eigenvalue weighted by Crippen LogP contribution is -2.29. The molecule has 0 heterocycles. The molecular weight excluding hydrogens is 116 g/mol. The molecule has 0 radical (unpaired) electrons. The number of nitriles is 2. The maximum atomic E-state index is 8.02. The van der Waals surface area contributed by atoms with Crippen LogP contribution in [-0.4, -0.2) is 19.8 Å². The van der Waals surface area contributed by atoms with Crippen LogP contribution in [0.25, 0.3) is 0 Å². The summed E-state index contributed by atoms with van der Waals surface area (Å²) in [5.74, 6) is 0. The van der Waals surface area contributed by atoms with Crippen LogP contribution >= 0.6 is 0 Å². The zero-order valence-electron chi connectivity index (χ0n) is 5.02. The minimum absolute atomic E-state index is 0.318. The lowest BCUT2D eigenvalue weighted by Gasteiger charge is -1.96. The number of hydrogen-bond donors (Lipinski definition) is 2. The van der Waals surface area contributed by atoms with E-state index in [4.69, 9.17) is 10.5 Å². The Bertz CT molecular complexity index is 113. The molecule has 4 nitrogen and oxygen atoms in total. The molecule has 0 aliphatic carbocycles. The highest BCUT2D eigenvalue weighted by Gasteiger charge is 1.80. The normalized spacial score (nSPS) is 7.78. The second kappa shape index (κ2) is 6.90. The number of rotatable bonds is 4. The minimum Gasteiger partial charge on any atom is -0.292 e. The molecule has 0 aliphatic rings. The van der Waals surface area contributed by atoms with E-state index in [1.165, 1.54) is 0 Å². The molecule has 48 valence electrons. The van der Waals surface area contributed by atoms with Gasteiger partial charge in [0.15, 0.2) is 0 Å². The maximum Gasteiger partial charge on any atom is 0.0850 e. The molecule has 4 heteroatoms. The first-order valence-corrected chi connectivity index (χ1v) is 2.57. The first-order chi connectivity index (χ1) is 4.41. The molecule has 0 unspecified atom stereocenters. The predicted octanol–water partition coefficient (Wildman–Crippen LogP) is -0.830. The van der Waals surface area contributed by atoms with Crippen LogP contribution in [0.2, 0.25) is 0 Å². The van der Waals surface area contributed by atoms with E-state index in [1.807, 2.05) is 12.1 Å². The highest BCUT2D eigenvalue weighted by atomic mass is 15.0. The molecule has 0 aliphatic heterocycles. The molecule has 0 atom stereocenters. The van der Waals surface area contributed by atoms with E-state index < -0.39 is 0 Å². The van der Waals surface area contributed by atoms with E-state index >= 15 is 0 Å². The Morgan fingerprint density at radius 1 is 1.00 bits per heavy atom. The molecule has 0 aromatic carbocycles. The smallest absolute Gasteiger partial charge is 0.0850 e. The van der Waals surface area contributed by atoms with Crippen molar-refractivity contribution in [3.63, 3.8) is 0 Å². The van der Waals surface area contributed by atoms with Crippen molar-refractivity contribution in [3.05, 3.63) is 0 Å². The van der Waals surface area contributed by atoms with E-state index in [2.05, 4.69) is 10.6 Å². The molecule has 0 bridgehead atoms. The molecule has 2 N–H and O–H groups in total. The van der Waals surface area contributed by atoms with Crippen LogP contribution in [0.15, 0.2) is 0 Å². The second-order valence-electron chi connectivity index (χ2n) is 1.35. The third kappa shape index (κ3) is 6.90. The Morgan fingerprint density at radius 2 is 1.44 bits per heavy atom. The minimum atomic E-state index is 0.318. The monoisotopic (exact) mass is 124 g/mol. The van der Waals surface area contributed by atoms with Crippen LogP contribution in [-0.2, 0) is 0 Å². The fraction of sp³-hybridized carbons (Fsp3) is 0.600. The lowest BCUT2D eigenvalue weighted by molar-refractivity contribution is 0.653. The molecule has 9 heavy (non-hydrogen) atoms. The van der Waals surface area contributed by atoms with E-state index in [0.717, 1.165) is 0 Å². The van der Waals surface area contributed by atoms with Gasteiger partial charge >= 0.3 is 0 Å². The molecule has 0 rings (SSSR count). The van der Waals surface area contributed by atoms with Crippen LogP contribution in [0.3, 0.4) is 0 Å².